The van der Waals surface area contributed by atoms with Crippen LogP contribution >= 0.6 is 0 Å². The van der Waals surface area contributed by atoms with Crippen molar-refractivity contribution in [3.8, 4) is 0 Å². The van der Waals surface area contributed by atoms with Gasteiger partial charge in [-0.1, -0.05) is 19.8 Å². The van der Waals surface area contributed by atoms with Crippen molar-refractivity contribution in [2.75, 3.05) is 19.6 Å². The van der Waals surface area contributed by atoms with Crippen LogP contribution in [0.1, 0.15) is 51.9 Å². The average molecular weight is 284 g/mol. The Hall–Kier alpha value is -1.10. The monoisotopic (exact) mass is 284 g/mol. The number of likely N-dealkylation sites (tertiary alicyclic amines) is 1. The van der Waals surface area contributed by atoms with E-state index in [9.17, 15) is 9.59 Å². The van der Waals surface area contributed by atoms with Crippen molar-refractivity contribution in [3.05, 3.63) is 0 Å². The molecule has 1 aliphatic heterocycles. The number of hydrogen-bond acceptors (Lipinski definition) is 3. The Morgan fingerprint density at radius 2 is 1.90 bits per heavy atom. The molecule has 0 bridgehead atoms. The fourth-order valence-electron chi connectivity index (χ4n) is 2.94. The first kappa shape index (κ1) is 17.0. The number of rotatable bonds is 8. The zero-order chi connectivity index (χ0) is 15.0. The largest absolute Gasteiger partial charge is 0.481 e. The lowest BCUT2D eigenvalue weighted by Gasteiger charge is -2.30. The Kier molecular flexibility index (Phi) is 7.59. The van der Waals surface area contributed by atoms with Crippen LogP contribution in [0.3, 0.4) is 0 Å². The van der Waals surface area contributed by atoms with Crippen LogP contribution in [0.4, 0.5) is 0 Å². The first-order valence-corrected chi connectivity index (χ1v) is 7.79. The molecule has 1 atom stereocenters. The van der Waals surface area contributed by atoms with Crippen molar-refractivity contribution >= 4 is 11.9 Å². The van der Waals surface area contributed by atoms with Crippen LogP contribution in [0, 0.1) is 11.8 Å². The molecule has 116 valence electrons. The molecule has 0 spiro atoms. The Morgan fingerprint density at radius 3 is 2.40 bits per heavy atom. The van der Waals surface area contributed by atoms with E-state index in [1.165, 1.54) is 0 Å². The molecule has 0 radical (unpaired) electrons. The Labute approximate surface area is 121 Å². The number of nitrogens with zero attached hydrogens (tertiary/aromatic N) is 1. The average Bonchev–Trinajstić information content (AvgIpc) is 2.45. The number of carboxylic acids is 1. The lowest BCUT2D eigenvalue weighted by atomic mass is 9.93. The highest BCUT2D eigenvalue weighted by molar-refractivity contribution is 5.77. The molecule has 0 aromatic rings. The van der Waals surface area contributed by atoms with Gasteiger partial charge in [0.2, 0.25) is 5.91 Å². The van der Waals surface area contributed by atoms with Crippen LogP contribution in [0.2, 0.25) is 0 Å². The quantitative estimate of drug-likeness (QED) is 0.712. The molecule has 0 saturated carbocycles. The summed E-state index contributed by atoms with van der Waals surface area (Å²) in [6, 6.07) is 0. The van der Waals surface area contributed by atoms with Crippen LogP contribution in [0.5, 0.6) is 0 Å². The van der Waals surface area contributed by atoms with Crippen LogP contribution in [-0.4, -0.2) is 41.5 Å². The van der Waals surface area contributed by atoms with Crippen molar-refractivity contribution in [2.45, 2.75) is 51.9 Å². The van der Waals surface area contributed by atoms with Gasteiger partial charge in [-0.05, 0) is 38.1 Å². The van der Waals surface area contributed by atoms with Gasteiger partial charge < -0.3 is 15.7 Å². The van der Waals surface area contributed by atoms with Crippen LogP contribution in [0.15, 0.2) is 0 Å². The van der Waals surface area contributed by atoms with E-state index in [0.29, 0.717) is 44.8 Å². The summed E-state index contributed by atoms with van der Waals surface area (Å²) in [6.45, 7) is 4.02. The van der Waals surface area contributed by atoms with E-state index in [0.717, 1.165) is 25.7 Å². The molecule has 0 aliphatic carbocycles. The third kappa shape index (κ3) is 5.49. The van der Waals surface area contributed by atoms with E-state index in [1.807, 2.05) is 4.90 Å². The predicted octanol–water partition coefficient (Wildman–Crippen LogP) is 1.85. The number of piperidine rings is 1. The number of carbonyl (C=O) groups excluding carboxylic acids is 1. The summed E-state index contributed by atoms with van der Waals surface area (Å²) in [7, 11) is 0. The molecule has 1 heterocycles. The fraction of sp³-hybridized carbons (Fsp3) is 0.867. The first-order chi connectivity index (χ1) is 9.58. The lowest BCUT2D eigenvalue weighted by molar-refractivity contribution is -0.145. The van der Waals surface area contributed by atoms with E-state index in [4.69, 9.17) is 10.8 Å². The summed E-state index contributed by atoms with van der Waals surface area (Å²) in [6.07, 6.45) is 5.90. The fourth-order valence-corrected chi connectivity index (χ4v) is 2.94. The summed E-state index contributed by atoms with van der Waals surface area (Å²) in [4.78, 5) is 24.8. The highest BCUT2D eigenvalue weighted by Crippen LogP contribution is 2.21. The second-order valence-electron chi connectivity index (χ2n) is 5.76. The van der Waals surface area contributed by atoms with Gasteiger partial charge >= 0.3 is 5.97 Å². The van der Waals surface area contributed by atoms with Gasteiger partial charge in [-0.3, -0.25) is 9.59 Å². The number of aliphatic carboxylic acids is 1. The minimum absolute atomic E-state index is 0.173. The number of nitrogens with two attached hydrogens (primary N) is 1. The second kappa shape index (κ2) is 8.95. The molecule has 1 rings (SSSR count). The van der Waals surface area contributed by atoms with E-state index < -0.39 is 5.97 Å². The molecular weight excluding hydrogens is 256 g/mol. The zero-order valence-corrected chi connectivity index (χ0v) is 12.5. The van der Waals surface area contributed by atoms with Crippen molar-refractivity contribution in [3.63, 3.8) is 0 Å². The lowest BCUT2D eigenvalue weighted by Crippen LogP contribution is -2.40. The van der Waals surface area contributed by atoms with Crippen molar-refractivity contribution in [1.29, 1.82) is 0 Å². The smallest absolute Gasteiger partial charge is 0.306 e. The Balaban J connectivity index is 2.30. The summed E-state index contributed by atoms with van der Waals surface area (Å²) in [5.74, 6) is -0.287. The third-order valence-electron chi connectivity index (χ3n) is 4.24. The second-order valence-corrected chi connectivity index (χ2v) is 5.76. The SMILES string of the molecule is CCCC(CCN)CCC(=O)N1CCC(C(=O)O)CC1. The first-order valence-electron chi connectivity index (χ1n) is 7.79. The van der Waals surface area contributed by atoms with Crippen molar-refractivity contribution in [1.82, 2.24) is 4.90 Å². The van der Waals surface area contributed by atoms with Gasteiger partial charge in [-0.25, -0.2) is 0 Å². The van der Waals surface area contributed by atoms with Gasteiger partial charge in [0.05, 0.1) is 5.92 Å². The van der Waals surface area contributed by atoms with Crippen molar-refractivity contribution < 1.29 is 14.7 Å². The number of amides is 1. The maximum Gasteiger partial charge on any atom is 0.306 e. The normalized spacial score (nSPS) is 18.0. The highest BCUT2D eigenvalue weighted by atomic mass is 16.4. The number of hydrogen-bond donors (Lipinski definition) is 2. The molecule has 3 N–H and O–H groups in total. The maximum absolute atomic E-state index is 12.1. The van der Waals surface area contributed by atoms with E-state index >= 15 is 0 Å². The molecule has 1 saturated heterocycles. The zero-order valence-electron chi connectivity index (χ0n) is 12.5. The van der Waals surface area contributed by atoms with Gasteiger partial charge in [0.25, 0.3) is 0 Å². The van der Waals surface area contributed by atoms with Crippen LogP contribution in [-0.2, 0) is 9.59 Å². The third-order valence-corrected chi connectivity index (χ3v) is 4.24. The molecule has 1 amide bonds. The van der Waals surface area contributed by atoms with E-state index in [2.05, 4.69) is 6.92 Å². The standard InChI is InChI=1S/C15H28N2O3/c1-2-3-12(6-9-16)4-5-14(18)17-10-7-13(8-11-17)15(19)20/h12-13H,2-11,16H2,1H3,(H,19,20). The number of carbonyl (C=O) groups is 2. The van der Waals surface area contributed by atoms with E-state index in [-0.39, 0.29) is 11.8 Å². The predicted molar refractivity (Wildman–Crippen MR) is 78.2 cm³/mol. The molecule has 5 heteroatoms. The minimum atomic E-state index is -0.733. The van der Waals surface area contributed by atoms with Crippen molar-refractivity contribution in [2.24, 2.45) is 17.6 Å². The van der Waals surface area contributed by atoms with Gasteiger partial charge in [-0.15, -0.1) is 0 Å². The summed E-state index contributed by atoms with van der Waals surface area (Å²) < 4.78 is 0. The molecule has 0 aromatic carbocycles. The Morgan fingerprint density at radius 1 is 1.25 bits per heavy atom. The van der Waals surface area contributed by atoms with E-state index in [1.54, 1.807) is 0 Å². The summed E-state index contributed by atoms with van der Waals surface area (Å²) >= 11 is 0. The van der Waals surface area contributed by atoms with Crippen LogP contribution in [0.25, 0.3) is 0 Å². The summed E-state index contributed by atoms with van der Waals surface area (Å²) in [5, 5.41) is 8.94. The molecule has 5 nitrogen and oxygen atoms in total. The summed E-state index contributed by atoms with van der Waals surface area (Å²) in [5.41, 5.74) is 5.60. The highest BCUT2D eigenvalue weighted by Gasteiger charge is 2.26. The number of carboxylic acid groups (broad SMARTS) is 1. The van der Waals surface area contributed by atoms with Gasteiger partial charge in [-0.2, -0.15) is 0 Å². The van der Waals surface area contributed by atoms with Crippen LogP contribution < -0.4 is 5.73 Å². The maximum atomic E-state index is 12.1. The Bertz CT molecular complexity index is 306. The minimum Gasteiger partial charge on any atom is -0.481 e. The van der Waals surface area contributed by atoms with Gasteiger partial charge in [0.1, 0.15) is 0 Å². The molecule has 1 unspecified atom stereocenters. The molecule has 1 aliphatic rings. The topological polar surface area (TPSA) is 83.6 Å². The van der Waals surface area contributed by atoms with Gasteiger partial charge in [0, 0.05) is 19.5 Å². The van der Waals surface area contributed by atoms with Gasteiger partial charge in [0.15, 0.2) is 0 Å². The molecule has 20 heavy (non-hydrogen) atoms. The molecular formula is C15H28N2O3. The molecule has 1 fully saturated rings. The molecule has 0 aromatic heterocycles.